The second kappa shape index (κ2) is 6.15. The van der Waals surface area contributed by atoms with Gasteiger partial charge in [0.2, 0.25) is 5.91 Å². The lowest BCUT2D eigenvalue weighted by Gasteiger charge is -2.40. The lowest BCUT2D eigenvalue weighted by molar-refractivity contribution is -0.144. The van der Waals surface area contributed by atoms with Crippen LogP contribution in [0.2, 0.25) is 0 Å². The van der Waals surface area contributed by atoms with Crippen LogP contribution in [0.4, 0.5) is 0 Å². The minimum Gasteiger partial charge on any atom is -0.497 e. The maximum atomic E-state index is 12.3. The zero-order valence-electron chi connectivity index (χ0n) is 12.3. The van der Waals surface area contributed by atoms with Gasteiger partial charge in [0.25, 0.3) is 0 Å². The van der Waals surface area contributed by atoms with E-state index < -0.39 is 0 Å². The van der Waals surface area contributed by atoms with Crippen LogP contribution in [0.1, 0.15) is 0 Å². The Morgan fingerprint density at radius 1 is 1.33 bits per heavy atom. The van der Waals surface area contributed by atoms with Gasteiger partial charge in [-0.3, -0.25) is 9.69 Å². The third-order valence-corrected chi connectivity index (χ3v) is 5.03. The lowest BCUT2D eigenvalue weighted by Crippen LogP contribution is -2.60. The molecule has 114 valence electrons. The standard InChI is InChI=1S/C15H20N2O3S/c1-16-10-21-9-14(16)15(18)17-7-13(8-17)20-12-5-3-4-11(6-12)19-2/h3-6,13-14H,7-10H2,1-2H3/t14-/m0/s1. The van der Waals surface area contributed by atoms with Crippen LogP contribution in [0.25, 0.3) is 0 Å². The maximum absolute atomic E-state index is 12.3. The van der Waals surface area contributed by atoms with Crippen LogP contribution in [0.15, 0.2) is 24.3 Å². The third-order valence-electron chi connectivity index (χ3n) is 3.89. The van der Waals surface area contributed by atoms with Crippen molar-refractivity contribution in [3.63, 3.8) is 0 Å². The highest BCUT2D eigenvalue weighted by Gasteiger charge is 2.38. The predicted molar refractivity (Wildman–Crippen MR) is 82.9 cm³/mol. The maximum Gasteiger partial charge on any atom is 0.241 e. The number of nitrogens with zero attached hydrogens (tertiary/aromatic N) is 2. The molecule has 3 rings (SSSR count). The number of amides is 1. The van der Waals surface area contributed by atoms with Gasteiger partial charge in [-0.15, -0.1) is 11.8 Å². The highest BCUT2D eigenvalue weighted by molar-refractivity contribution is 7.99. The smallest absolute Gasteiger partial charge is 0.241 e. The van der Waals surface area contributed by atoms with E-state index in [1.165, 1.54) is 0 Å². The number of carbonyl (C=O) groups excluding carboxylic acids is 1. The van der Waals surface area contributed by atoms with Gasteiger partial charge in [0.15, 0.2) is 0 Å². The first-order valence-electron chi connectivity index (χ1n) is 7.05. The molecule has 1 atom stereocenters. The van der Waals surface area contributed by atoms with E-state index in [1.807, 2.05) is 48.0 Å². The fraction of sp³-hybridized carbons (Fsp3) is 0.533. The average molecular weight is 308 g/mol. The Balaban J connectivity index is 1.50. The lowest BCUT2D eigenvalue weighted by atomic mass is 10.1. The summed E-state index contributed by atoms with van der Waals surface area (Å²) in [6, 6.07) is 7.60. The Labute approximate surface area is 129 Å². The van der Waals surface area contributed by atoms with E-state index in [-0.39, 0.29) is 18.1 Å². The molecule has 21 heavy (non-hydrogen) atoms. The van der Waals surface area contributed by atoms with Crippen molar-refractivity contribution in [2.75, 3.05) is 38.9 Å². The van der Waals surface area contributed by atoms with Crippen LogP contribution in [-0.2, 0) is 4.79 Å². The Morgan fingerprint density at radius 3 is 2.76 bits per heavy atom. The normalized spacial score (nSPS) is 23.0. The summed E-state index contributed by atoms with van der Waals surface area (Å²) in [6.07, 6.45) is 0.0837. The number of hydrogen-bond donors (Lipinski definition) is 0. The van der Waals surface area contributed by atoms with E-state index >= 15 is 0 Å². The first-order valence-corrected chi connectivity index (χ1v) is 8.20. The number of methoxy groups -OCH3 is 1. The van der Waals surface area contributed by atoms with E-state index in [0.717, 1.165) is 23.1 Å². The van der Waals surface area contributed by atoms with Gasteiger partial charge in [0, 0.05) is 17.7 Å². The number of hydrogen-bond acceptors (Lipinski definition) is 5. The number of rotatable bonds is 4. The first kappa shape index (κ1) is 14.5. The summed E-state index contributed by atoms with van der Waals surface area (Å²) in [5, 5.41) is 0. The average Bonchev–Trinajstić information content (AvgIpc) is 2.88. The summed E-state index contributed by atoms with van der Waals surface area (Å²) >= 11 is 1.81. The second-order valence-corrected chi connectivity index (χ2v) is 6.43. The number of likely N-dealkylation sites (tertiary alicyclic amines) is 1. The molecule has 2 aliphatic heterocycles. The van der Waals surface area contributed by atoms with Crippen LogP contribution in [0, 0.1) is 0 Å². The van der Waals surface area contributed by atoms with Crippen molar-refractivity contribution in [3.8, 4) is 11.5 Å². The van der Waals surface area contributed by atoms with E-state index in [2.05, 4.69) is 4.90 Å². The topological polar surface area (TPSA) is 42.0 Å². The molecule has 0 saturated carbocycles. The summed E-state index contributed by atoms with van der Waals surface area (Å²) in [4.78, 5) is 16.3. The molecule has 2 heterocycles. The van der Waals surface area contributed by atoms with Crippen LogP contribution >= 0.6 is 11.8 Å². The van der Waals surface area contributed by atoms with Crippen molar-refractivity contribution in [1.82, 2.24) is 9.80 Å². The van der Waals surface area contributed by atoms with Gasteiger partial charge in [0.1, 0.15) is 17.6 Å². The summed E-state index contributed by atoms with van der Waals surface area (Å²) in [5.74, 6) is 3.64. The van der Waals surface area contributed by atoms with Crippen molar-refractivity contribution in [2.45, 2.75) is 12.1 Å². The molecule has 0 bridgehead atoms. The Hall–Kier alpha value is -1.40. The summed E-state index contributed by atoms with van der Waals surface area (Å²) in [7, 11) is 3.64. The number of benzene rings is 1. The molecule has 0 N–H and O–H groups in total. The SMILES string of the molecule is COc1cccc(OC2CN(C(=O)[C@@H]3CSCN3C)C2)c1. The molecule has 2 aliphatic rings. The first-order chi connectivity index (χ1) is 10.2. The summed E-state index contributed by atoms with van der Waals surface area (Å²) < 4.78 is 11.0. The molecule has 0 aromatic heterocycles. The van der Waals surface area contributed by atoms with E-state index in [9.17, 15) is 4.79 Å². The van der Waals surface area contributed by atoms with Gasteiger partial charge in [-0.05, 0) is 19.2 Å². The van der Waals surface area contributed by atoms with Gasteiger partial charge in [-0.25, -0.2) is 0 Å². The zero-order chi connectivity index (χ0) is 14.8. The molecule has 1 aromatic rings. The van der Waals surface area contributed by atoms with E-state index in [1.54, 1.807) is 7.11 Å². The van der Waals surface area contributed by atoms with E-state index in [4.69, 9.17) is 9.47 Å². The largest absolute Gasteiger partial charge is 0.497 e. The highest BCUT2D eigenvalue weighted by atomic mass is 32.2. The van der Waals surface area contributed by atoms with Crippen LogP contribution in [0.3, 0.4) is 0 Å². The van der Waals surface area contributed by atoms with Crippen LogP contribution in [0.5, 0.6) is 11.5 Å². The van der Waals surface area contributed by atoms with Crippen molar-refractivity contribution in [1.29, 1.82) is 0 Å². The molecule has 0 radical (unpaired) electrons. The third kappa shape index (κ3) is 3.11. The molecular weight excluding hydrogens is 288 g/mol. The quantitative estimate of drug-likeness (QED) is 0.838. The highest BCUT2D eigenvalue weighted by Crippen LogP contribution is 2.25. The van der Waals surface area contributed by atoms with Gasteiger partial charge in [-0.2, -0.15) is 0 Å². The molecule has 0 aliphatic carbocycles. The predicted octanol–water partition coefficient (Wildman–Crippen LogP) is 1.29. The van der Waals surface area contributed by atoms with Gasteiger partial charge in [0.05, 0.1) is 26.2 Å². The van der Waals surface area contributed by atoms with Crippen molar-refractivity contribution in [2.24, 2.45) is 0 Å². The summed E-state index contributed by atoms with van der Waals surface area (Å²) in [5.41, 5.74) is 0. The second-order valence-electron chi connectivity index (χ2n) is 5.43. The van der Waals surface area contributed by atoms with Gasteiger partial charge < -0.3 is 14.4 Å². The van der Waals surface area contributed by atoms with Gasteiger partial charge in [-0.1, -0.05) is 6.07 Å². The minimum atomic E-state index is 0.0350. The molecular formula is C15H20N2O3S. The monoisotopic (exact) mass is 308 g/mol. The molecule has 0 spiro atoms. The Kier molecular flexibility index (Phi) is 4.26. The minimum absolute atomic E-state index is 0.0350. The molecule has 2 fully saturated rings. The molecule has 6 heteroatoms. The molecule has 5 nitrogen and oxygen atoms in total. The van der Waals surface area contributed by atoms with Crippen LogP contribution in [-0.4, -0.2) is 66.7 Å². The number of thioether (sulfide) groups is 1. The Morgan fingerprint density at radius 2 is 2.10 bits per heavy atom. The Bertz CT molecular complexity index is 519. The van der Waals surface area contributed by atoms with Crippen LogP contribution < -0.4 is 9.47 Å². The van der Waals surface area contributed by atoms with Gasteiger partial charge >= 0.3 is 0 Å². The van der Waals surface area contributed by atoms with Crippen molar-refractivity contribution >= 4 is 17.7 Å². The molecule has 0 unspecified atom stereocenters. The summed E-state index contributed by atoms with van der Waals surface area (Å²) in [6.45, 7) is 1.34. The van der Waals surface area contributed by atoms with Crippen molar-refractivity contribution < 1.29 is 14.3 Å². The molecule has 2 saturated heterocycles. The fourth-order valence-electron chi connectivity index (χ4n) is 2.56. The number of carbonyl (C=O) groups is 1. The number of likely N-dealkylation sites (N-methyl/N-ethyl adjacent to an activating group) is 1. The van der Waals surface area contributed by atoms with E-state index in [0.29, 0.717) is 13.1 Å². The van der Waals surface area contributed by atoms with Crippen molar-refractivity contribution in [3.05, 3.63) is 24.3 Å². The number of ether oxygens (including phenoxy) is 2. The zero-order valence-corrected chi connectivity index (χ0v) is 13.1. The fourth-order valence-corrected chi connectivity index (χ4v) is 3.75. The molecule has 1 aromatic carbocycles. The molecule has 1 amide bonds.